The van der Waals surface area contributed by atoms with E-state index in [2.05, 4.69) is 35.4 Å². The number of methoxy groups -OCH3 is 1. The zero-order valence-electron chi connectivity index (χ0n) is 14.2. The standard InChI is InChI=1S/C17H14N8O2/c1-26-12-9-10(7-8-19-12)15-21-14(25-27-15)13-22-16(18)24-17(23-13)20-11-5-3-2-4-6-11/h2-9H,1H3,(H3,18,20,22,23,24). The number of benzene rings is 1. The number of para-hydroxylation sites is 1. The number of nitrogens with one attached hydrogen (secondary N) is 1. The van der Waals surface area contributed by atoms with Crippen molar-refractivity contribution in [2.24, 2.45) is 0 Å². The third-order valence-corrected chi connectivity index (χ3v) is 3.50. The van der Waals surface area contributed by atoms with Crippen molar-refractivity contribution in [3.63, 3.8) is 0 Å². The first kappa shape index (κ1) is 16.4. The molecule has 0 aliphatic carbocycles. The molecule has 3 heterocycles. The van der Waals surface area contributed by atoms with Crippen molar-refractivity contribution in [1.29, 1.82) is 0 Å². The van der Waals surface area contributed by atoms with Crippen molar-refractivity contribution in [3.05, 3.63) is 48.7 Å². The van der Waals surface area contributed by atoms with Crippen LogP contribution in [0.15, 0.2) is 53.2 Å². The highest BCUT2D eigenvalue weighted by Gasteiger charge is 2.16. The summed E-state index contributed by atoms with van der Waals surface area (Å²) in [5, 5.41) is 6.98. The van der Waals surface area contributed by atoms with Gasteiger partial charge in [-0.05, 0) is 18.2 Å². The Morgan fingerprint density at radius 2 is 1.85 bits per heavy atom. The molecule has 0 spiro atoms. The second kappa shape index (κ2) is 7.04. The SMILES string of the molecule is COc1cc(-c2nc(-c3nc(N)nc(Nc4ccccc4)n3)no2)ccn1. The molecule has 0 unspecified atom stereocenters. The van der Waals surface area contributed by atoms with E-state index in [1.54, 1.807) is 18.3 Å². The Labute approximate surface area is 153 Å². The number of hydrogen-bond acceptors (Lipinski definition) is 10. The topological polar surface area (TPSA) is 138 Å². The molecule has 4 rings (SSSR count). The van der Waals surface area contributed by atoms with Gasteiger partial charge in [0.2, 0.25) is 29.4 Å². The van der Waals surface area contributed by atoms with Crippen LogP contribution < -0.4 is 15.8 Å². The fourth-order valence-electron chi connectivity index (χ4n) is 2.28. The summed E-state index contributed by atoms with van der Waals surface area (Å²) >= 11 is 0. The zero-order valence-corrected chi connectivity index (χ0v) is 14.2. The Kier molecular flexibility index (Phi) is 4.27. The predicted molar refractivity (Wildman–Crippen MR) is 97.0 cm³/mol. The van der Waals surface area contributed by atoms with E-state index in [0.717, 1.165) is 5.69 Å². The van der Waals surface area contributed by atoms with E-state index >= 15 is 0 Å². The summed E-state index contributed by atoms with van der Waals surface area (Å²) in [6, 6.07) is 12.9. The molecule has 0 radical (unpaired) electrons. The first-order chi connectivity index (χ1) is 13.2. The first-order valence-corrected chi connectivity index (χ1v) is 7.89. The van der Waals surface area contributed by atoms with Gasteiger partial charge >= 0.3 is 0 Å². The Morgan fingerprint density at radius 1 is 1.00 bits per heavy atom. The smallest absolute Gasteiger partial charge is 0.258 e. The number of ether oxygens (including phenoxy) is 1. The van der Waals surface area contributed by atoms with Crippen LogP contribution in [0.25, 0.3) is 23.1 Å². The molecule has 0 bridgehead atoms. The third kappa shape index (κ3) is 3.63. The molecular formula is C17H14N8O2. The quantitative estimate of drug-likeness (QED) is 0.544. The lowest BCUT2D eigenvalue weighted by Crippen LogP contribution is -2.05. The second-order valence-electron chi connectivity index (χ2n) is 5.34. The molecule has 0 atom stereocenters. The van der Waals surface area contributed by atoms with Crippen LogP contribution in [0.5, 0.6) is 5.88 Å². The molecule has 1 aromatic carbocycles. The molecule has 0 fully saturated rings. The summed E-state index contributed by atoms with van der Waals surface area (Å²) in [5.41, 5.74) is 7.26. The number of rotatable bonds is 5. The summed E-state index contributed by atoms with van der Waals surface area (Å²) in [4.78, 5) is 20.8. The van der Waals surface area contributed by atoms with E-state index in [4.69, 9.17) is 15.0 Å². The summed E-state index contributed by atoms with van der Waals surface area (Å²) in [7, 11) is 1.53. The Balaban J connectivity index is 1.65. The number of nitrogens with zero attached hydrogens (tertiary/aromatic N) is 6. The molecular weight excluding hydrogens is 348 g/mol. The van der Waals surface area contributed by atoms with Gasteiger partial charge in [-0.15, -0.1) is 0 Å². The van der Waals surface area contributed by atoms with E-state index in [-0.39, 0.29) is 29.4 Å². The molecule has 0 saturated heterocycles. The number of nitrogens with two attached hydrogens (primary N) is 1. The van der Waals surface area contributed by atoms with Crippen LogP contribution in [0, 0.1) is 0 Å². The molecule has 27 heavy (non-hydrogen) atoms. The van der Waals surface area contributed by atoms with Gasteiger partial charge in [-0.3, -0.25) is 0 Å². The van der Waals surface area contributed by atoms with Crippen LogP contribution in [0.3, 0.4) is 0 Å². The van der Waals surface area contributed by atoms with Crippen molar-refractivity contribution in [2.45, 2.75) is 0 Å². The van der Waals surface area contributed by atoms with Gasteiger partial charge in [0.25, 0.3) is 5.89 Å². The number of pyridine rings is 1. The van der Waals surface area contributed by atoms with Crippen LogP contribution in [0.4, 0.5) is 17.6 Å². The fraction of sp³-hybridized carbons (Fsp3) is 0.0588. The van der Waals surface area contributed by atoms with E-state index < -0.39 is 0 Å². The monoisotopic (exact) mass is 362 g/mol. The molecule has 0 saturated carbocycles. The predicted octanol–water partition coefficient (Wildman–Crippen LogP) is 2.32. The number of nitrogen functional groups attached to an aromatic ring is 1. The molecule has 0 aliphatic rings. The van der Waals surface area contributed by atoms with Gasteiger partial charge in [0.1, 0.15) is 0 Å². The van der Waals surface area contributed by atoms with Crippen LogP contribution >= 0.6 is 0 Å². The van der Waals surface area contributed by atoms with Crippen LogP contribution in [-0.4, -0.2) is 37.2 Å². The van der Waals surface area contributed by atoms with Gasteiger partial charge in [0, 0.05) is 23.5 Å². The summed E-state index contributed by atoms with van der Waals surface area (Å²) < 4.78 is 10.4. The first-order valence-electron chi connectivity index (χ1n) is 7.89. The minimum atomic E-state index is 0.0374. The maximum atomic E-state index is 5.79. The van der Waals surface area contributed by atoms with Gasteiger partial charge < -0.3 is 20.3 Å². The highest BCUT2D eigenvalue weighted by atomic mass is 16.5. The van der Waals surface area contributed by atoms with E-state index in [9.17, 15) is 0 Å². The second-order valence-corrected chi connectivity index (χ2v) is 5.34. The summed E-state index contributed by atoms with van der Waals surface area (Å²) in [5.74, 6) is 1.41. The van der Waals surface area contributed by atoms with Crippen molar-refractivity contribution in [2.75, 3.05) is 18.2 Å². The molecule has 0 aliphatic heterocycles. The zero-order chi connectivity index (χ0) is 18.6. The third-order valence-electron chi connectivity index (χ3n) is 3.50. The lowest BCUT2D eigenvalue weighted by Gasteiger charge is -2.05. The van der Waals surface area contributed by atoms with Crippen molar-refractivity contribution in [3.8, 4) is 29.0 Å². The lowest BCUT2D eigenvalue weighted by atomic mass is 10.2. The van der Waals surface area contributed by atoms with Crippen LogP contribution in [0.2, 0.25) is 0 Å². The van der Waals surface area contributed by atoms with E-state index in [0.29, 0.717) is 11.4 Å². The maximum absolute atomic E-state index is 5.79. The van der Waals surface area contributed by atoms with Crippen molar-refractivity contribution < 1.29 is 9.26 Å². The minimum absolute atomic E-state index is 0.0374. The Bertz CT molecular complexity index is 1070. The highest BCUT2D eigenvalue weighted by molar-refractivity contribution is 5.59. The molecule has 3 N–H and O–H groups in total. The average Bonchev–Trinajstić information content (AvgIpc) is 3.19. The Hall–Kier alpha value is -4.08. The molecule has 10 nitrogen and oxygen atoms in total. The fourth-order valence-corrected chi connectivity index (χ4v) is 2.28. The number of hydrogen-bond donors (Lipinski definition) is 2. The molecule has 10 heteroatoms. The summed E-state index contributed by atoms with van der Waals surface area (Å²) in [6.45, 7) is 0. The lowest BCUT2D eigenvalue weighted by molar-refractivity contribution is 0.397. The van der Waals surface area contributed by atoms with Gasteiger partial charge in [0.15, 0.2) is 0 Å². The minimum Gasteiger partial charge on any atom is -0.481 e. The molecule has 0 amide bonds. The largest absolute Gasteiger partial charge is 0.481 e. The van der Waals surface area contributed by atoms with Crippen LogP contribution in [-0.2, 0) is 0 Å². The van der Waals surface area contributed by atoms with Gasteiger partial charge in [0.05, 0.1) is 7.11 Å². The Morgan fingerprint density at radius 3 is 2.67 bits per heavy atom. The van der Waals surface area contributed by atoms with Crippen molar-refractivity contribution >= 4 is 17.6 Å². The molecule has 134 valence electrons. The highest BCUT2D eigenvalue weighted by Crippen LogP contribution is 2.23. The molecule has 4 aromatic rings. The maximum Gasteiger partial charge on any atom is 0.258 e. The number of anilines is 3. The normalized spacial score (nSPS) is 10.6. The van der Waals surface area contributed by atoms with Gasteiger partial charge in [-0.1, -0.05) is 23.4 Å². The van der Waals surface area contributed by atoms with Gasteiger partial charge in [-0.25, -0.2) is 4.98 Å². The van der Waals surface area contributed by atoms with Crippen LogP contribution in [0.1, 0.15) is 0 Å². The molecule has 3 aromatic heterocycles. The van der Waals surface area contributed by atoms with E-state index in [1.165, 1.54) is 7.11 Å². The van der Waals surface area contributed by atoms with Gasteiger partial charge in [-0.2, -0.15) is 19.9 Å². The van der Waals surface area contributed by atoms with E-state index in [1.807, 2.05) is 30.3 Å². The van der Waals surface area contributed by atoms with Crippen molar-refractivity contribution in [1.82, 2.24) is 30.1 Å². The number of aromatic nitrogens is 6. The average molecular weight is 362 g/mol. The summed E-state index contributed by atoms with van der Waals surface area (Å²) in [6.07, 6.45) is 1.58.